The van der Waals surface area contributed by atoms with Crippen molar-refractivity contribution in [1.82, 2.24) is 15.1 Å². The average Bonchev–Trinajstić information content (AvgIpc) is 3.44. The first-order chi connectivity index (χ1) is 20.0. The number of nitrogens with zero attached hydrogens (tertiary/aromatic N) is 2. The molecule has 41 heavy (non-hydrogen) atoms. The van der Waals surface area contributed by atoms with Gasteiger partial charge in [0.05, 0.1) is 6.42 Å². The van der Waals surface area contributed by atoms with Gasteiger partial charge in [0.1, 0.15) is 12.6 Å². The molecule has 2 saturated heterocycles. The summed E-state index contributed by atoms with van der Waals surface area (Å²) in [4.78, 5) is 42.5. The summed E-state index contributed by atoms with van der Waals surface area (Å²) in [6.07, 6.45) is 1.62. The van der Waals surface area contributed by atoms with Crippen molar-refractivity contribution >= 4 is 18.0 Å². The summed E-state index contributed by atoms with van der Waals surface area (Å²) in [7, 11) is 0. The third-order valence-corrected chi connectivity index (χ3v) is 8.77. The number of carbonyl (C=O) groups is 3. The van der Waals surface area contributed by atoms with E-state index in [1.54, 1.807) is 4.90 Å². The number of hydrogen-bond acceptors (Lipinski definition) is 5. The smallest absolute Gasteiger partial charge is 0.407 e. The number of benzene rings is 3. The summed E-state index contributed by atoms with van der Waals surface area (Å²) in [5, 5.41) is 12.1. The fourth-order valence-corrected chi connectivity index (χ4v) is 6.80. The van der Waals surface area contributed by atoms with Gasteiger partial charge in [-0.2, -0.15) is 0 Å². The molecule has 0 aromatic heterocycles. The largest absolute Gasteiger partial charge is 0.481 e. The van der Waals surface area contributed by atoms with Crippen LogP contribution < -0.4 is 5.32 Å². The van der Waals surface area contributed by atoms with E-state index in [9.17, 15) is 19.5 Å². The Hall–Kier alpha value is -4.17. The van der Waals surface area contributed by atoms with Gasteiger partial charge in [-0.15, -0.1) is 0 Å². The van der Waals surface area contributed by atoms with Gasteiger partial charge in [-0.05, 0) is 47.1 Å². The van der Waals surface area contributed by atoms with Crippen LogP contribution in [0.15, 0.2) is 78.9 Å². The Bertz CT molecular complexity index is 1380. The summed E-state index contributed by atoms with van der Waals surface area (Å²) in [6.45, 7) is 1.98. The second-order valence-corrected chi connectivity index (χ2v) is 11.2. The van der Waals surface area contributed by atoms with Crippen LogP contribution in [0.3, 0.4) is 0 Å². The summed E-state index contributed by atoms with van der Waals surface area (Å²) in [5.74, 6) is -1.64. The van der Waals surface area contributed by atoms with E-state index >= 15 is 0 Å². The van der Waals surface area contributed by atoms with Crippen molar-refractivity contribution in [1.29, 1.82) is 0 Å². The molecule has 3 aromatic carbocycles. The number of ether oxygens (including phenoxy) is 1. The molecule has 3 aromatic rings. The third kappa shape index (κ3) is 5.70. The van der Waals surface area contributed by atoms with Crippen LogP contribution >= 0.6 is 0 Å². The molecule has 2 heterocycles. The number of carbonyl (C=O) groups excluding carboxylic acids is 2. The van der Waals surface area contributed by atoms with Crippen molar-refractivity contribution in [2.45, 2.75) is 56.3 Å². The van der Waals surface area contributed by atoms with E-state index in [1.165, 1.54) is 5.56 Å². The fraction of sp³-hybridized carbons (Fsp3) is 0.364. The average molecular weight is 554 g/mol. The molecule has 8 nitrogen and oxygen atoms in total. The molecular formula is C33H35N3O5. The standard InChI is InChI=1S/C33H35N3O5/c37-31(38)18-30(32(39)35-17-16-23-14-15-24(20-35)36(23)19-22-8-2-1-3-9-22)34-33(40)41-21-29-27-12-6-4-10-25(27)26-11-5-7-13-28(26)29/h1-13,23-24,29-30H,14-21H2,(H,34,40)(H,37,38)/t23-,24+,30?/m0/s1. The topological polar surface area (TPSA) is 99.2 Å². The Morgan fingerprint density at radius 1 is 0.854 bits per heavy atom. The van der Waals surface area contributed by atoms with E-state index in [1.807, 2.05) is 54.6 Å². The molecular weight excluding hydrogens is 518 g/mol. The van der Waals surface area contributed by atoms with Crippen molar-refractivity contribution in [3.8, 4) is 11.1 Å². The zero-order valence-corrected chi connectivity index (χ0v) is 22.9. The van der Waals surface area contributed by atoms with Crippen LogP contribution in [0.5, 0.6) is 0 Å². The molecule has 2 amide bonds. The van der Waals surface area contributed by atoms with Crippen molar-refractivity contribution in [3.05, 3.63) is 95.6 Å². The van der Waals surface area contributed by atoms with Gasteiger partial charge in [0.2, 0.25) is 5.91 Å². The van der Waals surface area contributed by atoms with E-state index in [0.29, 0.717) is 19.1 Å². The third-order valence-electron chi connectivity index (χ3n) is 8.77. The number of likely N-dealkylation sites (tertiary alicyclic amines) is 1. The lowest BCUT2D eigenvalue weighted by atomic mass is 9.98. The minimum absolute atomic E-state index is 0.0930. The number of alkyl carbamates (subject to hydrolysis) is 1. The van der Waals surface area contributed by atoms with Crippen LogP contribution in [-0.2, 0) is 20.9 Å². The van der Waals surface area contributed by atoms with E-state index in [4.69, 9.17) is 4.74 Å². The Labute approximate surface area is 239 Å². The molecule has 2 fully saturated rings. The summed E-state index contributed by atoms with van der Waals surface area (Å²) >= 11 is 0. The van der Waals surface area contributed by atoms with Crippen LogP contribution in [0.2, 0.25) is 0 Å². The van der Waals surface area contributed by atoms with Crippen LogP contribution in [0.25, 0.3) is 11.1 Å². The van der Waals surface area contributed by atoms with E-state index in [0.717, 1.165) is 48.1 Å². The minimum atomic E-state index is -1.19. The van der Waals surface area contributed by atoms with E-state index in [2.05, 4.69) is 34.5 Å². The number of nitrogens with one attached hydrogen (secondary N) is 1. The normalized spacial score (nSPS) is 20.5. The Morgan fingerprint density at radius 2 is 1.49 bits per heavy atom. The van der Waals surface area contributed by atoms with Gasteiger partial charge in [-0.1, -0.05) is 78.9 Å². The van der Waals surface area contributed by atoms with Gasteiger partial charge in [0.15, 0.2) is 0 Å². The number of rotatable bonds is 8. The maximum absolute atomic E-state index is 13.6. The molecule has 1 aliphatic carbocycles. The summed E-state index contributed by atoms with van der Waals surface area (Å²) in [6, 6.07) is 25.8. The quantitative estimate of drug-likeness (QED) is 0.422. The number of fused-ring (bicyclic) bond motifs is 5. The number of carboxylic acid groups (broad SMARTS) is 1. The van der Waals surface area contributed by atoms with Crippen molar-refractivity contribution in [3.63, 3.8) is 0 Å². The molecule has 2 N–H and O–H groups in total. The molecule has 2 bridgehead atoms. The molecule has 0 saturated carbocycles. The van der Waals surface area contributed by atoms with Crippen LogP contribution in [-0.4, -0.2) is 70.7 Å². The molecule has 0 radical (unpaired) electrons. The molecule has 3 aliphatic rings. The van der Waals surface area contributed by atoms with E-state index in [-0.39, 0.29) is 24.5 Å². The number of hydrogen-bond donors (Lipinski definition) is 2. The van der Waals surface area contributed by atoms with Crippen molar-refractivity contribution < 1.29 is 24.2 Å². The molecule has 0 spiro atoms. The maximum Gasteiger partial charge on any atom is 0.407 e. The first kappa shape index (κ1) is 27.0. The molecule has 8 heteroatoms. The lowest BCUT2D eigenvalue weighted by molar-refractivity contribution is -0.142. The van der Waals surface area contributed by atoms with Crippen LogP contribution in [0.1, 0.15) is 48.3 Å². The van der Waals surface area contributed by atoms with E-state index < -0.39 is 24.5 Å². The second kappa shape index (κ2) is 11.7. The zero-order chi connectivity index (χ0) is 28.3. The highest BCUT2D eigenvalue weighted by Crippen LogP contribution is 2.44. The predicted octanol–water partition coefficient (Wildman–Crippen LogP) is 4.63. The van der Waals surface area contributed by atoms with Crippen LogP contribution in [0.4, 0.5) is 4.79 Å². The van der Waals surface area contributed by atoms with Crippen molar-refractivity contribution in [2.24, 2.45) is 0 Å². The highest BCUT2D eigenvalue weighted by atomic mass is 16.5. The summed E-state index contributed by atoms with van der Waals surface area (Å²) in [5.41, 5.74) is 5.64. The van der Waals surface area contributed by atoms with Gasteiger partial charge in [0, 0.05) is 37.6 Å². The van der Waals surface area contributed by atoms with Gasteiger partial charge >= 0.3 is 12.1 Å². The zero-order valence-electron chi connectivity index (χ0n) is 22.9. The Balaban J connectivity index is 1.11. The highest BCUT2D eigenvalue weighted by molar-refractivity contribution is 5.89. The lowest BCUT2D eigenvalue weighted by Crippen LogP contribution is -2.51. The fourth-order valence-electron chi connectivity index (χ4n) is 6.80. The Morgan fingerprint density at radius 3 is 2.17 bits per heavy atom. The monoisotopic (exact) mass is 553 g/mol. The van der Waals surface area contributed by atoms with Crippen LogP contribution in [0, 0.1) is 0 Å². The molecule has 1 unspecified atom stereocenters. The molecule has 212 valence electrons. The summed E-state index contributed by atoms with van der Waals surface area (Å²) < 4.78 is 5.62. The first-order valence-electron chi connectivity index (χ1n) is 14.4. The van der Waals surface area contributed by atoms with Gasteiger partial charge in [-0.3, -0.25) is 14.5 Å². The SMILES string of the molecule is O=C(O)CC(NC(=O)OCC1c2ccccc2-c2ccccc21)C(=O)N1CC[C@@H]2CC[C@H](C1)N2Cc1ccccc1. The molecule has 6 rings (SSSR count). The maximum atomic E-state index is 13.6. The van der Waals surface area contributed by atoms with Gasteiger partial charge in [0.25, 0.3) is 0 Å². The number of carboxylic acids is 1. The number of aliphatic carboxylic acids is 1. The lowest BCUT2D eigenvalue weighted by Gasteiger charge is -2.30. The predicted molar refractivity (Wildman–Crippen MR) is 154 cm³/mol. The Kier molecular flexibility index (Phi) is 7.74. The molecule has 3 atom stereocenters. The number of amides is 2. The van der Waals surface area contributed by atoms with Gasteiger partial charge in [-0.25, -0.2) is 4.79 Å². The van der Waals surface area contributed by atoms with Gasteiger partial charge < -0.3 is 20.1 Å². The minimum Gasteiger partial charge on any atom is -0.481 e. The highest BCUT2D eigenvalue weighted by Gasteiger charge is 2.40. The first-order valence-corrected chi connectivity index (χ1v) is 14.4. The second-order valence-electron chi connectivity index (χ2n) is 11.2. The molecule has 2 aliphatic heterocycles. The van der Waals surface area contributed by atoms with Crippen molar-refractivity contribution in [2.75, 3.05) is 19.7 Å².